The van der Waals surface area contributed by atoms with E-state index in [-0.39, 0.29) is 18.6 Å². The Bertz CT molecular complexity index is 628. The first-order chi connectivity index (χ1) is 9.67. The molecule has 1 aromatic carbocycles. The number of furan rings is 1. The summed E-state index contributed by atoms with van der Waals surface area (Å²) in [7, 11) is 0. The number of aliphatic hydroxyl groups is 1. The van der Waals surface area contributed by atoms with E-state index in [4.69, 9.17) is 9.52 Å². The van der Waals surface area contributed by atoms with Gasteiger partial charge >= 0.3 is 0 Å². The third-order valence-electron chi connectivity index (χ3n) is 3.84. The van der Waals surface area contributed by atoms with E-state index in [1.807, 2.05) is 25.1 Å². The summed E-state index contributed by atoms with van der Waals surface area (Å²) in [6.07, 6.45) is 2.87. The molecule has 0 bridgehead atoms. The van der Waals surface area contributed by atoms with Crippen molar-refractivity contribution in [3.05, 3.63) is 35.6 Å². The fourth-order valence-corrected chi connectivity index (χ4v) is 2.58. The zero-order valence-corrected chi connectivity index (χ0v) is 11.6. The SMILES string of the molecule is Cc1ccc2oc(C(=O)NC(CCO)C3CC3)cc2c1. The van der Waals surface area contributed by atoms with Crippen molar-refractivity contribution in [3.63, 3.8) is 0 Å². The van der Waals surface area contributed by atoms with Crippen molar-refractivity contribution in [1.82, 2.24) is 5.32 Å². The van der Waals surface area contributed by atoms with Gasteiger partial charge in [0.2, 0.25) is 0 Å². The van der Waals surface area contributed by atoms with E-state index in [0.29, 0.717) is 18.1 Å². The Kier molecular flexibility index (Phi) is 3.49. The summed E-state index contributed by atoms with van der Waals surface area (Å²) in [6, 6.07) is 7.68. The first-order valence-corrected chi connectivity index (χ1v) is 7.09. The third-order valence-corrected chi connectivity index (χ3v) is 3.84. The van der Waals surface area contributed by atoms with Gasteiger partial charge in [-0.05, 0) is 50.3 Å². The number of aliphatic hydroxyl groups excluding tert-OH is 1. The second-order valence-corrected chi connectivity index (χ2v) is 5.58. The Morgan fingerprint density at radius 1 is 1.45 bits per heavy atom. The number of aryl methyl sites for hydroxylation is 1. The number of hydrogen-bond donors (Lipinski definition) is 2. The van der Waals surface area contributed by atoms with Crippen LogP contribution in [0.25, 0.3) is 11.0 Å². The summed E-state index contributed by atoms with van der Waals surface area (Å²) in [4.78, 5) is 12.2. The molecule has 0 radical (unpaired) electrons. The predicted octanol–water partition coefficient (Wildman–Crippen LogP) is 2.63. The molecule has 106 valence electrons. The predicted molar refractivity (Wildman–Crippen MR) is 76.6 cm³/mol. The van der Waals surface area contributed by atoms with Crippen molar-refractivity contribution in [2.75, 3.05) is 6.61 Å². The lowest BCUT2D eigenvalue weighted by atomic mass is 10.1. The molecule has 20 heavy (non-hydrogen) atoms. The fraction of sp³-hybridized carbons (Fsp3) is 0.438. The average Bonchev–Trinajstić information content (AvgIpc) is 3.17. The van der Waals surface area contributed by atoms with Crippen molar-refractivity contribution < 1.29 is 14.3 Å². The van der Waals surface area contributed by atoms with E-state index in [0.717, 1.165) is 29.4 Å². The number of benzene rings is 1. The molecule has 0 aliphatic heterocycles. The number of hydrogen-bond acceptors (Lipinski definition) is 3. The van der Waals surface area contributed by atoms with Crippen LogP contribution in [0, 0.1) is 12.8 Å². The second kappa shape index (κ2) is 5.29. The minimum absolute atomic E-state index is 0.0578. The fourth-order valence-electron chi connectivity index (χ4n) is 2.58. The van der Waals surface area contributed by atoms with E-state index in [1.165, 1.54) is 0 Å². The van der Waals surface area contributed by atoms with Crippen molar-refractivity contribution in [2.45, 2.75) is 32.2 Å². The Hall–Kier alpha value is -1.81. The molecule has 1 saturated carbocycles. The molecular weight excluding hydrogens is 254 g/mol. The Morgan fingerprint density at radius 3 is 2.95 bits per heavy atom. The summed E-state index contributed by atoms with van der Waals surface area (Å²) >= 11 is 0. The highest BCUT2D eigenvalue weighted by Crippen LogP contribution is 2.34. The highest BCUT2D eigenvalue weighted by Gasteiger charge is 2.32. The first kappa shape index (κ1) is 13.2. The third kappa shape index (κ3) is 2.70. The maximum atomic E-state index is 12.2. The molecule has 4 nitrogen and oxygen atoms in total. The molecule has 1 heterocycles. The topological polar surface area (TPSA) is 62.5 Å². The van der Waals surface area contributed by atoms with Gasteiger partial charge in [0.15, 0.2) is 5.76 Å². The standard InChI is InChI=1S/C16H19NO3/c1-10-2-5-14-12(8-10)9-15(20-14)16(19)17-13(6-7-18)11-3-4-11/h2,5,8-9,11,13,18H,3-4,6-7H2,1H3,(H,17,19). The minimum Gasteiger partial charge on any atom is -0.451 e. The number of rotatable bonds is 5. The van der Waals surface area contributed by atoms with Crippen LogP contribution < -0.4 is 5.32 Å². The van der Waals surface area contributed by atoms with Crippen LogP contribution in [0.15, 0.2) is 28.7 Å². The van der Waals surface area contributed by atoms with Crippen LogP contribution in [-0.2, 0) is 0 Å². The van der Waals surface area contributed by atoms with Crippen LogP contribution in [0.5, 0.6) is 0 Å². The summed E-state index contributed by atoms with van der Waals surface area (Å²) in [5.41, 5.74) is 1.87. The van der Waals surface area contributed by atoms with Gasteiger partial charge in [0.1, 0.15) is 5.58 Å². The van der Waals surface area contributed by atoms with Crippen LogP contribution in [0.1, 0.15) is 35.4 Å². The number of amides is 1. The van der Waals surface area contributed by atoms with Gasteiger partial charge < -0.3 is 14.8 Å². The molecule has 0 spiro atoms. The molecule has 4 heteroatoms. The summed E-state index contributed by atoms with van der Waals surface area (Å²) < 4.78 is 5.59. The van der Waals surface area contributed by atoms with Gasteiger partial charge in [0, 0.05) is 18.0 Å². The van der Waals surface area contributed by atoms with E-state index in [9.17, 15) is 4.79 Å². The van der Waals surface area contributed by atoms with Crippen molar-refractivity contribution >= 4 is 16.9 Å². The van der Waals surface area contributed by atoms with Crippen LogP contribution in [0.2, 0.25) is 0 Å². The molecular formula is C16H19NO3. The lowest BCUT2D eigenvalue weighted by Gasteiger charge is -2.15. The molecule has 1 unspecified atom stereocenters. The van der Waals surface area contributed by atoms with E-state index in [2.05, 4.69) is 5.32 Å². The van der Waals surface area contributed by atoms with E-state index < -0.39 is 0 Å². The van der Waals surface area contributed by atoms with Crippen LogP contribution in [0.3, 0.4) is 0 Å². The minimum atomic E-state index is -0.191. The number of fused-ring (bicyclic) bond motifs is 1. The molecule has 1 amide bonds. The quantitative estimate of drug-likeness (QED) is 0.880. The highest BCUT2D eigenvalue weighted by atomic mass is 16.3. The van der Waals surface area contributed by atoms with Gasteiger partial charge in [-0.25, -0.2) is 0 Å². The largest absolute Gasteiger partial charge is 0.451 e. The normalized spacial score (nSPS) is 16.3. The van der Waals surface area contributed by atoms with E-state index >= 15 is 0 Å². The van der Waals surface area contributed by atoms with Gasteiger partial charge in [-0.2, -0.15) is 0 Å². The summed E-state index contributed by atoms with van der Waals surface area (Å²) in [6.45, 7) is 2.11. The zero-order valence-electron chi connectivity index (χ0n) is 11.6. The number of carbonyl (C=O) groups excluding carboxylic acids is 1. The monoisotopic (exact) mass is 273 g/mol. The Morgan fingerprint density at radius 2 is 2.25 bits per heavy atom. The highest BCUT2D eigenvalue weighted by molar-refractivity contribution is 5.96. The molecule has 1 aromatic heterocycles. The number of carbonyl (C=O) groups is 1. The Labute approximate surface area is 117 Å². The molecule has 2 aromatic rings. The lowest BCUT2D eigenvalue weighted by Crippen LogP contribution is -2.36. The van der Waals surface area contributed by atoms with Gasteiger partial charge in [-0.1, -0.05) is 11.6 Å². The van der Waals surface area contributed by atoms with Crippen LogP contribution in [0.4, 0.5) is 0 Å². The van der Waals surface area contributed by atoms with Gasteiger partial charge in [0.05, 0.1) is 0 Å². The lowest BCUT2D eigenvalue weighted by molar-refractivity contribution is 0.0898. The average molecular weight is 273 g/mol. The molecule has 3 rings (SSSR count). The zero-order chi connectivity index (χ0) is 14.1. The smallest absolute Gasteiger partial charge is 0.287 e. The second-order valence-electron chi connectivity index (χ2n) is 5.58. The first-order valence-electron chi connectivity index (χ1n) is 7.09. The summed E-state index contributed by atoms with van der Waals surface area (Å²) in [5, 5.41) is 13.0. The molecule has 1 atom stereocenters. The van der Waals surface area contributed by atoms with Crippen molar-refractivity contribution in [2.24, 2.45) is 5.92 Å². The van der Waals surface area contributed by atoms with Crippen molar-refractivity contribution in [1.29, 1.82) is 0 Å². The van der Waals surface area contributed by atoms with Gasteiger partial charge in [-0.15, -0.1) is 0 Å². The Balaban J connectivity index is 1.77. The van der Waals surface area contributed by atoms with Gasteiger partial charge in [-0.3, -0.25) is 4.79 Å². The summed E-state index contributed by atoms with van der Waals surface area (Å²) in [5.74, 6) is 0.663. The van der Waals surface area contributed by atoms with Gasteiger partial charge in [0.25, 0.3) is 5.91 Å². The number of nitrogens with one attached hydrogen (secondary N) is 1. The maximum absolute atomic E-state index is 12.2. The molecule has 2 N–H and O–H groups in total. The van der Waals surface area contributed by atoms with Crippen LogP contribution in [-0.4, -0.2) is 23.7 Å². The molecule has 1 fully saturated rings. The van der Waals surface area contributed by atoms with E-state index in [1.54, 1.807) is 6.07 Å². The van der Waals surface area contributed by atoms with Crippen molar-refractivity contribution in [3.8, 4) is 0 Å². The molecule has 0 saturated heterocycles. The molecule has 1 aliphatic rings. The molecule has 1 aliphatic carbocycles. The maximum Gasteiger partial charge on any atom is 0.287 e. The van der Waals surface area contributed by atoms with Crippen LogP contribution >= 0.6 is 0 Å².